The van der Waals surface area contributed by atoms with Gasteiger partial charge < -0.3 is 10.2 Å². The molecule has 2 amide bonds. The Labute approximate surface area is 191 Å². The highest BCUT2D eigenvalue weighted by Gasteiger charge is 2.19. The Morgan fingerprint density at radius 3 is 2.43 bits per heavy atom. The number of rotatable bonds is 9. The van der Waals surface area contributed by atoms with E-state index >= 15 is 0 Å². The van der Waals surface area contributed by atoms with E-state index < -0.39 is 0 Å². The molecule has 0 unspecified atom stereocenters. The van der Waals surface area contributed by atoms with E-state index in [0.29, 0.717) is 28.7 Å². The number of nitrogens with one attached hydrogen (secondary N) is 1. The Kier molecular flexibility index (Phi) is 9.39. The van der Waals surface area contributed by atoms with Gasteiger partial charge in [-0.05, 0) is 56.7 Å². The first kappa shape index (κ1) is 24.4. The summed E-state index contributed by atoms with van der Waals surface area (Å²) in [6.45, 7) is 6.28. The van der Waals surface area contributed by atoms with Gasteiger partial charge >= 0.3 is 0 Å². The molecule has 1 N–H and O–H groups in total. The molecule has 0 saturated carbocycles. The average molecular weight is 469 g/mol. The number of nitrogens with zero attached hydrogens (tertiary/aromatic N) is 3. The number of benzene rings is 1. The van der Waals surface area contributed by atoms with Crippen molar-refractivity contribution in [3.63, 3.8) is 0 Å². The molecule has 2 rings (SSSR count). The van der Waals surface area contributed by atoms with Crippen LogP contribution in [0.4, 0.5) is 5.69 Å². The van der Waals surface area contributed by atoms with Crippen LogP contribution in [0.25, 0.3) is 0 Å². The van der Waals surface area contributed by atoms with Gasteiger partial charge in [-0.2, -0.15) is 0 Å². The minimum atomic E-state index is -0.319. The summed E-state index contributed by atoms with van der Waals surface area (Å²) in [5.74, 6) is -0.405. The molecule has 0 aliphatic rings. The van der Waals surface area contributed by atoms with E-state index in [1.54, 1.807) is 23.1 Å². The molecule has 0 atom stereocenters. The number of halogens is 2. The maximum absolute atomic E-state index is 12.8. The van der Waals surface area contributed by atoms with Crippen molar-refractivity contribution < 1.29 is 9.59 Å². The molecule has 1 heterocycles. The molecule has 1 aromatic heterocycles. The molecule has 1 aromatic carbocycles. The van der Waals surface area contributed by atoms with E-state index in [-0.39, 0.29) is 24.8 Å². The summed E-state index contributed by atoms with van der Waals surface area (Å²) in [4.78, 5) is 35.8. The highest BCUT2D eigenvalue weighted by atomic mass is 35.5. The second kappa shape index (κ2) is 11.5. The van der Waals surface area contributed by atoms with Gasteiger partial charge in [0.15, 0.2) is 5.16 Å². The Bertz CT molecular complexity index is 901. The van der Waals surface area contributed by atoms with E-state index in [4.69, 9.17) is 23.2 Å². The van der Waals surface area contributed by atoms with Crippen molar-refractivity contribution in [2.45, 2.75) is 45.2 Å². The van der Waals surface area contributed by atoms with Gasteiger partial charge in [0.25, 0.3) is 0 Å². The molecule has 9 heteroatoms. The first-order chi connectivity index (χ1) is 14.2. The minimum Gasteiger partial charge on any atom is -0.333 e. The van der Waals surface area contributed by atoms with Crippen molar-refractivity contribution in [3.8, 4) is 0 Å². The summed E-state index contributed by atoms with van der Waals surface area (Å²) in [5.41, 5.74) is 3.17. The smallest absolute Gasteiger partial charge is 0.244 e. The topological polar surface area (TPSA) is 75.2 Å². The molecule has 0 spiro atoms. The van der Waals surface area contributed by atoms with Gasteiger partial charge in [-0.1, -0.05) is 41.9 Å². The van der Waals surface area contributed by atoms with Gasteiger partial charge in [0.05, 0.1) is 17.3 Å². The monoisotopic (exact) mass is 468 g/mol. The SMILES string of the molecule is CCCN(CC(=O)Nc1cc(Cl)ccc1Cl)C(=O)CCc1c(C)nc(SC)nc1C. The second-order valence-corrected chi connectivity index (χ2v) is 8.46. The van der Waals surface area contributed by atoms with E-state index in [1.165, 1.54) is 11.8 Å². The third kappa shape index (κ3) is 6.86. The third-order valence-corrected chi connectivity index (χ3v) is 5.67. The number of carbonyl (C=O) groups excluding carboxylic acids is 2. The third-order valence-electron chi connectivity index (χ3n) is 4.55. The predicted molar refractivity (Wildman–Crippen MR) is 124 cm³/mol. The zero-order valence-electron chi connectivity index (χ0n) is 17.6. The van der Waals surface area contributed by atoms with Crippen molar-refractivity contribution in [2.75, 3.05) is 24.7 Å². The predicted octanol–water partition coefficient (Wildman–Crippen LogP) is 4.93. The van der Waals surface area contributed by atoms with Gasteiger partial charge in [0, 0.05) is 29.4 Å². The quantitative estimate of drug-likeness (QED) is 0.416. The summed E-state index contributed by atoms with van der Waals surface area (Å²) in [5, 5.41) is 4.31. The lowest BCUT2D eigenvalue weighted by Crippen LogP contribution is -2.38. The first-order valence-electron chi connectivity index (χ1n) is 9.65. The van der Waals surface area contributed by atoms with E-state index in [0.717, 1.165) is 28.5 Å². The number of hydrogen-bond donors (Lipinski definition) is 1. The average Bonchev–Trinajstić information content (AvgIpc) is 2.69. The Morgan fingerprint density at radius 1 is 1.17 bits per heavy atom. The fourth-order valence-electron chi connectivity index (χ4n) is 3.07. The van der Waals surface area contributed by atoms with Crippen LogP contribution in [0.5, 0.6) is 0 Å². The van der Waals surface area contributed by atoms with E-state index in [1.807, 2.05) is 27.0 Å². The van der Waals surface area contributed by atoms with Gasteiger partial charge in [-0.25, -0.2) is 9.97 Å². The van der Waals surface area contributed by atoms with Crippen LogP contribution >= 0.6 is 35.0 Å². The number of carbonyl (C=O) groups is 2. The standard InChI is InChI=1S/C21H26Cl2N4O2S/c1-5-10-27(12-19(28)26-18-11-15(22)6-8-17(18)23)20(29)9-7-16-13(2)24-21(30-4)25-14(16)3/h6,8,11H,5,7,9-10,12H2,1-4H3,(H,26,28). The lowest BCUT2D eigenvalue weighted by atomic mass is 10.1. The van der Waals surface area contributed by atoms with Crippen molar-refractivity contribution in [3.05, 3.63) is 45.2 Å². The van der Waals surface area contributed by atoms with Crippen molar-refractivity contribution in [1.82, 2.24) is 14.9 Å². The van der Waals surface area contributed by atoms with Gasteiger partial charge in [0.2, 0.25) is 11.8 Å². The van der Waals surface area contributed by atoms with Crippen LogP contribution in [-0.4, -0.2) is 46.0 Å². The summed E-state index contributed by atoms with van der Waals surface area (Å²) < 4.78 is 0. The highest BCUT2D eigenvalue weighted by molar-refractivity contribution is 7.98. The van der Waals surface area contributed by atoms with Crippen molar-refractivity contribution in [1.29, 1.82) is 0 Å². The Morgan fingerprint density at radius 2 is 1.83 bits per heavy atom. The molecule has 2 aromatic rings. The maximum atomic E-state index is 12.8. The largest absolute Gasteiger partial charge is 0.333 e. The fourth-order valence-corrected chi connectivity index (χ4v) is 3.86. The summed E-state index contributed by atoms with van der Waals surface area (Å²) in [7, 11) is 0. The highest BCUT2D eigenvalue weighted by Crippen LogP contribution is 2.25. The van der Waals surface area contributed by atoms with Crippen LogP contribution in [0.3, 0.4) is 0 Å². The molecule has 0 aliphatic carbocycles. The zero-order valence-corrected chi connectivity index (χ0v) is 19.9. The molecule has 0 fully saturated rings. The molecule has 6 nitrogen and oxygen atoms in total. The van der Waals surface area contributed by atoms with Crippen LogP contribution in [0.15, 0.2) is 23.4 Å². The van der Waals surface area contributed by atoms with Gasteiger partial charge in [-0.15, -0.1) is 0 Å². The van der Waals surface area contributed by atoms with Gasteiger partial charge in [0.1, 0.15) is 0 Å². The normalized spacial score (nSPS) is 10.7. The Balaban J connectivity index is 2.02. The summed E-state index contributed by atoms with van der Waals surface area (Å²) in [6.07, 6.45) is 3.50. The van der Waals surface area contributed by atoms with Crippen LogP contribution in [0.2, 0.25) is 10.0 Å². The van der Waals surface area contributed by atoms with E-state index in [9.17, 15) is 9.59 Å². The number of hydrogen-bond acceptors (Lipinski definition) is 5. The molecule has 0 aliphatic heterocycles. The molecular formula is C21H26Cl2N4O2S. The van der Waals surface area contributed by atoms with Crippen LogP contribution in [0, 0.1) is 13.8 Å². The molecule has 30 heavy (non-hydrogen) atoms. The summed E-state index contributed by atoms with van der Waals surface area (Å²) >= 11 is 13.6. The Hall–Kier alpha value is -1.83. The first-order valence-corrected chi connectivity index (χ1v) is 11.6. The molecular weight excluding hydrogens is 443 g/mol. The summed E-state index contributed by atoms with van der Waals surface area (Å²) in [6, 6.07) is 4.84. The minimum absolute atomic E-state index is 0.0462. The van der Waals surface area contributed by atoms with Crippen molar-refractivity contribution >= 4 is 52.5 Å². The van der Waals surface area contributed by atoms with Crippen molar-refractivity contribution in [2.24, 2.45) is 0 Å². The van der Waals surface area contributed by atoms with Crippen LogP contribution in [-0.2, 0) is 16.0 Å². The lowest BCUT2D eigenvalue weighted by molar-refractivity contribution is -0.134. The lowest BCUT2D eigenvalue weighted by Gasteiger charge is -2.22. The number of thioether (sulfide) groups is 1. The van der Waals surface area contributed by atoms with Gasteiger partial charge in [-0.3, -0.25) is 9.59 Å². The number of amides is 2. The zero-order chi connectivity index (χ0) is 22.3. The number of anilines is 1. The molecule has 0 radical (unpaired) electrons. The molecule has 0 bridgehead atoms. The van der Waals surface area contributed by atoms with Crippen LogP contribution < -0.4 is 5.32 Å². The van der Waals surface area contributed by atoms with E-state index in [2.05, 4.69) is 15.3 Å². The molecule has 162 valence electrons. The van der Waals surface area contributed by atoms with Crippen LogP contribution in [0.1, 0.15) is 36.7 Å². The maximum Gasteiger partial charge on any atom is 0.244 e. The fraction of sp³-hybridized carbons (Fsp3) is 0.429. The number of aromatic nitrogens is 2. The number of aryl methyl sites for hydroxylation is 2. The second-order valence-electron chi connectivity index (χ2n) is 6.85. The molecule has 0 saturated heterocycles.